The van der Waals surface area contributed by atoms with Gasteiger partial charge in [0.05, 0.1) is 19.1 Å². The number of nitrogens with one attached hydrogen (secondary N) is 2. The molecule has 176 valence electrons. The highest BCUT2D eigenvalue weighted by molar-refractivity contribution is 7.92. The highest BCUT2D eigenvalue weighted by atomic mass is 32.2. The summed E-state index contributed by atoms with van der Waals surface area (Å²) >= 11 is 0. The third-order valence-electron chi connectivity index (χ3n) is 4.62. The van der Waals surface area contributed by atoms with E-state index in [0.717, 1.165) is 0 Å². The maximum Gasteiger partial charge on any atom is 0.321 e. The van der Waals surface area contributed by atoms with Gasteiger partial charge in [0, 0.05) is 29.6 Å². The van der Waals surface area contributed by atoms with Crippen molar-refractivity contribution in [3.8, 4) is 23.4 Å². The van der Waals surface area contributed by atoms with Crippen LogP contribution in [0.5, 0.6) is 23.4 Å². The van der Waals surface area contributed by atoms with Gasteiger partial charge < -0.3 is 24.3 Å². The number of aromatic nitrogens is 2. The van der Waals surface area contributed by atoms with Gasteiger partial charge in [-0.25, -0.2) is 8.42 Å². The van der Waals surface area contributed by atoms with Crippen LogP contribution in [0.15, 0.2) is 65.7 Å². The van der Waals surface area contributed by atoms with E-state index in [4.69, 9.17) is 18.9 Å². The average molecular weight is 484 g/mol. The van der Waals surface area contributed by atoms with Crippen LogP contribution in [0, 0.1) is 0 Å². The standard InChI is InChI=1S/C22H20N4O7S/c1-30-21-12-20(24-22(25-21)31-2)26-34(28,29)16-6-4-15(5-7-16)23-10-9-17(27)14-3-8-18-19(11-14)33-13-32-18/h3-12,23H,13H2,1-2H3,(H,24,25,26)/b10-9+. The lowest BCUT2D eigenvalue weighted by Crippen LogP contribution is -2.14. The molecule has 0 unspecified atom stereocenters. The minimum atomic E-state index is -3.93. The summed E-state index contributed by atoms with van der Waals surface area (Å²) in [5.74, 6) is 1.03. The predicted octanol–water partition coefficient (Wildman–Crippen LogP) is 2.83. The molecule has 2 N–H and O–H groups in total. The largest absolute Gasteiger partial charge is 0.481 e. The van der Waals surface area contributed by atoms with Crippen LogP contribution < -0.4 is 29.0 Å². The number of fused-ring (bicyclic) bond motifs is 1. The summed E-state index contributed by atoms with van der Waals surface area (Å²) < 4.78 is 48.2. The number of hydrogen-bond donors (Lipinski definition) is 2. The number of ether oxygens (including phenoxy) is 4. The van der Waals surface area contributed by atoms with E-state index in [2.05, 4.69) is 20.0 Å². The van der Waals surface area contributed by atoms with Gasteiger partial charge in [0.25, 0.3) is 10.0 Å². The van der Waals surface area contributed by atoms with E-state index >= 15 is 0 Å². The number of carbonyl (C=O) groups excluding carboxylic acids is 1. The van der Waals surface area contributed by atoms with Crippen LogP contribution in [-0.4, -0.2) is 45.2 Å². The van der Waals surface area contributed by atoms with Crippen LogP contribution in [0.4, 0.5) is 11.5 Å². The second kappa shape index (κ2) is 9.67. The Kier molecular flexibility index (Phi) is 6.50. The van der Waals surface area contributed by atoms with Gasteiger partial charge in [-0.1, -0.05) is 0 Å². The number of sulfonamides is 1. The third kappa shape index (κ3) is 5.18. The van der Waals surface area contributed by atoms with Crippen molar-refractivity contribution in [1.29, 1.82) is 0 Å². The third-order valence-corrected chi connectivity index (χ3v) is 5.99. The summed E-state index contributed by atoms with van der Waals surface area (Å²) in [6.07, 6.45) is 2.83. The molecule has 2 heterocycles. The van der Waals surface area contributed by atoms with Gasteiger partial charge in [0.2, 0.25) is 12.7 Å². The molecular weight excluding hydrogens is 464 g/mol. The van der Waals surface area contributed by atoms with E-state index in [1.807, 2.05) is 0 Å². The van der Waals surface area contributed by atoms with E-state index in [0.29, 0.717) is 22.7 Å². The molecule has 0 bridgehead atoms. The Labute approximate surface area is 195 Å². The Balaban J connectivity index is 1.40. The fourth-order valence-corrected chi connectivity index (χ4v) is 3.93. The summed E-state index contributed by atoms with van der Waals surface area (Å²) in [5, 5.41) is 2.93. The Morgan fingerprint density at radius 2 is 1.76 bits per heavy atom. The van der Waals surface area contributed by atoms with Crippen LogP contribution in [0.1, 0.15) is 10.4 Å². The van der Waals surface area contributed by atoms with Crippen molar-refractivity contribution in [3.05, 3.63) is 66.4 Å². The van der Waals surface area contributed by atoms with Crippen molar-refractivity contribution in [2.24, 2.45) is 0 Å². The molecule has 0 fully saturated rings. The van der Waals surface area contributed by atoms with Crippen molar-refractivity contribution in [3.63, 3.8) is 0 Å². The van der Waals surface area contributed by atoms with Crippen molar-refractivity contribution < 1.29 is 32.2 Å². The van der Waals surface area contributed by atoms with Crippen LogP contribution in [-0.2, 0) is 10.0 Å². The van der Waals surface area contributed by atoms with Crippen LogP contribution >= 0.6 is 0 Å². The number of anilines is 2. The highest BCUT2D eigenvalue weighted by Gasteiger charge is 2.17. The molecule has 4 rings (SSSR count). The molecule has 0 atom stereocenters. The maximum absolute atomic E-state index is 12.7. The fraction of sp³-hybridized carbons (Fsp3) is 0.136. The van der Waals surface area contributed by atoms with E-state index in [1.54, 1.807) is 30.3 Å². The first kappa shape index (κ1) is 22.9. The van der Waals surface area contributed by atoms with Crippen molar-refractivity contribution in [2.75, 3.05) is 31.1 Å². The number of methoxy groups -OCH3 is 2. The smallest absolute Gasteiger partial charge is 0.321 e. The lowest BCUT2D eigenvalue weighted by molar-refractivity contribution is 0.104. The molecule has 1 aliphatic rings. The molecule has 1 aromatic heterocycles. The van der Waals surface area contributed by atoms with Crippen LogP contribution in [0.2, 0.25) is 0 Å². The second-order valence-electron chi connectivity index (χ2n) is 6.82. The van der Waals surface area contributed by atoms with E-state index in [-0.39, 0.29) is 35.2 Å². The topological polar surface area (TPSA) is 138 Å². The molecule has 3 aromatic rings. The van der Waals surface area contributed by atoms with Gasteiger partial charge in [-0.15, -0.1) is 0 Å². The Morgan fingerprint density at radius 1 is 1.00 bits per heavy atom. The van der Waals surface area contributed by atoms with Gasteiger partial charge >= 0.3 is 6.01 Å². The van der Waals surface area contributed by atoms with E-state index < -0.39 is 10.0 Å². The van der Waals surface area contributed by atoms with Gasteiger partial charge in [-0.3, -0.25) is 9.52 Å². The molecule has 34 heavy (non-hydrogen) atoms. The number of allylic oxidation sites excluding steroid dienone is 1. The van der Waals surface area contributed by atoms with E-state index in [9.17, 15) is 13.2 Å². The number of rotatable bonds is 9. The second-order valence-corrected chi connectivity index (χ2v) is 8.50. The fourth-order valence-electron chi connectivity index (χ4n) is 2.94. The minimum absolute atomic E-state index is 0.00383. The van der Waals surface area contributed by atoms with Crippen LogP contribution in [0.3, 0.4) is 0 Å². The lowest BCUT2D eigenvalue weighted by atomic mass is 10.1. The first-order chi connectivity index (χ1) is 16.4. The van der Waals surface area contributed by atoms with Crippen molar-refractivity contribution in [1.82, 2.24) is 9.97 Å². The molecule has 2 aromatic carbocycles. The van der Waals surface area contributed by atoms with Crippen LogP contribution in [0.25, 0.3) is 0 Å². The number of benzene rings is 2. The zero-order valence-corrected chi connectivity index (χ0v) is 19.0. The maximum atomic E-state index is 12.7. The zero-order valence-electron chi connectivity index (χ0n) is 18.1. The summed E-state index contributed by atoms with van der Waals surface area (Å²) in [4.78, 5) is 20.2. The minimum Gasteiger partial charge on any atom is -0.481 e. The molecule has 0 radical (unpaired) electrons. The monoisotopic (exact) mass is 484 g/mol. The molecule has 0 amide bonds. The molecule has 12 heteroatoms. The Bertz CT molecular complexity index is 1320. The molecule has 1 aliphatic heterocycles. The van der Waals surface area contributed by atoms with Gasteiger partial charge in [0.15, 0.2) is 23.1 Å². The Morgan fingerprint density at radius 3 is 2.50 bits per heavy atom. The zero-order chi connectivity index (χ0) is 24.1. The quantitative estimate of drug-likeness (QED) is 0.344. The summed E-state index contributed by atoms with van der Waals surface area (Å²) in [6.45, 7) is 0.132. The highest BCUT2D eigenvalue weighted by Crippen LogP contribution is 2.32. The molecule has 11 nitrogen and oxygen atoms in total. The predicted molar refractivity (Wildman–Crippen MR) is 122 cm³/mol. The number of carbonyl (C=O) groups is 1. The van der Waals surface area contributed by atoms with E-state index in [1.165, 1.54) is 44.7 Å². The molecule has 0 aliphatic carbocycles. The molecule has 0 saturated heterocycles. The van der Waals surface area contributed by atoms with Gasteiger partial charge in [-0.05, 0) is 42.5 Å². The molecular formula is C22H20N4O7S. The lowest BCUT2D eigenvalue weighted by Gasteiger charge is -2.10. The first-order valence-corrected chi connectivity index (χ1v) is 11.3. The van der Waals surface area contributed by atoms with Gasteiger partial charge in [-0.2, -0.15) is 9.97 Å². The van der Waals surface area contributed by atoms with Gasteiger partial charge in [0.1, 0.15) is 0 Å². The number of hydrogen-bond acceptors (Lipinski definition) is 10. The average Bonchev–Trinajstić information content (AvgIpc) is 3.31. The molecule has 0 saturated carbocycles. The van der Waals surface area contributed by atoms with Crippen molar-refractivity contribution >= 4 is 27.3 Å². The normalized spacial score (nSPS) is 12.4. The summed E-state index contributed by atoms with van der Waals surface area (Å²) in [7, 11) is -1.18. The summed E-state index contributed by atoms with van der Waals surface area (Å²) in [6, 6.07) is 12.2. The first-order valence-electron chi connectivity index (χ1n) is 9.85. The van der Waals surface area contributed by atoms with Crippen molar-refractivity contribution in [2.45, 2.75) is 4.90 Å². The SMILES string of the molecule is COc1cc(NS(=O)(=O)c2ccc(N/C=C/C(=O)c3ccc4c(c3)OCO4)cc2)nc(OC)n1. The Hall–Kier alpha value is -4.32. The summed E-state index contributed by atoms with van der Waals surface area (Å²) in [5.41, 5.74) is 1.03. The number of nitrogens with zero attached hydrogens (tertiary/aromatic N) is 2. The molecule has 0 spiro atoms. The number of ketones is 1.